The molecule has 1 aliphatic rings. The number of amides is 2. The number of carbonyl (C=O) groups excluding carboxylic acids is 2. The molecule has 2 amide bonds. The fourth-order valence-electron chi connectivity index (χ4n) is 2.37. The molecule has 5 nitrogen and oxygen atoms in total. The van der Waals surface area contributed by atoms with Crippen LogP contribution in [0.25, 0.3) is 0 Å². The minimum Gasteiger partial charge on any atom is -0.453 e. The van der Waals surface area contributed by atoms with Crippen molar-refractivity contribution in [3.8, 4) is 0 Å². The molecule has 0 radical (unpaired) electrons. The van der Waals surface area contributed by atoms with Crippen molar-refractivity contribution in [2.75, 3.05) is 13.7 Å². The van der Waals surface area contributed by atoms with E-state index in [1.165, 1.54) is 12.0 Å². The van der Waals surface area contributed by atoms with E-state index < -0.39 is 18.3 Å². The van der Waals surface area contributed by atoms with Crippen molar-refractivity contribution in [3.05, 3.63) is 12.2 Å². The van der Waals surface area contributed by atoms with Crippen LogP contribution in [-0.4, -0.2) is 48.8 Å². The molecule has 1 saturated heterocycles. The number of methoxy groups -OCH3 is 1. The lowest BCUT2D eigenvalue weighted by Crippen LogP contribution is -2.52. The van der Waals surface area contributed by atoms with Gasteiger partial charge in [-0.3, -0.25) is 4.79 Å². The molecular weight excluding hydrogens is 263 g/mol. The van der Waals surface area contributed by atoms with Crippen LogP contribution >= 0.6 is 0 Å². The van der Waals surface area contributed by atoms with E-state index in [1.807, 2.05) is 13.8 Å². The zero-order valence-corrected chi connectivity index (χ0v) is 12.5. The van der Waals surface area contributed by atoms with E-state index in [0.29, 0.717) is 0 Å². The Balaban J connectivity index is 2.88. The topological polar surface area (TPSA) is 58.6 Å². The van der Waals surface area contributed by atoms with Gasteiger partial charge in [-0.25, -0.2) is 9.18 Å². The number of rotatable bonds is 4. The summed E-state index contributed by atoms with van der Waals surface area (Å²) >= 11 is 0. The van der Waals surface area contributed by atoms with Crippen molar-refractivity contribution in [3.63, 3.8) is 0 Å². The summed E-state index contributed by atoms with van der Waals surface area (Å²) in [6, 6.07) is -1.03. The molecule has 0 aromatic carbocycles. The molecule has 1 rings (SSSR count). The zero-order valence-electron chi connectivity index (χ0n) is 12.5. The maximum absolute atomic E-state index is 13.6. The number of alkyl halides is 1. The molecule has 0 aliphatic carbocycles. The molecule has 0 aromatic rings. The van der Waals surface area contributed by atoms with Crippen LogP contribution in [0.2, 0.25) is 0 Å². The molecule has 0 aromatic heterocycles. The Morgan fingerprint density at radius 2 is 2.05 bits per heavy atom. The molecule has 0 saturated carbocycles. The lowest BCUT2D eigenvalue weighted by Gasteiger charge is -2.30. The van der Waals surface area contributed by atoms with Crippen molar-refractivity contribution >= 4 is 12.0 Å². The fourth-order valence-corrected chi connectivity index (χ4v) is 2.37. The van der Waals surface area contributed by atoms with Gasteiger partial charge in [0.05, 0.1) is 19.7 Å². The first kappa shape index (κ1) is 16.5. The second-order valence-electron chi connectivity index (χ2n) is 5.54. The van der Waals surface area contributed by atoms with Crippen LogP contribution in [0.1, 0.15) is 27.2 Å². The van der Waals surface area contributed by atoms with Gasteiger partial charge in [0.15, 0.2) is 0 Å². The van der Waals surface area contributed by atoms with Crippen molar-refractivity contribution in [2.45, 2.75) is 45.4 Å². The normalized spacial score (nSPS) is 23.6. The molecular formula is C14H23FN2O3. The first-order chi connectivity index (χ1) is 9.27. The first-order valence-corrected chi connectivity index (χ1v) is 6.72. The summed E-state index contributed by atoms with van der Waals surface area (Å²) in [4.78, 5) is 25.3. The van der Waals surface area contributed by atoms with E-state index in [1.54, 1.807) is 6.92 Å². The number of carbonyl (C=O) groups is 2. The predicted octanol–water partition coefficient (Wildman–Crippen LogP) is 1.88. The van der Waals surface area contributed by atoms with Crippen LogP contribution in [0.15, 0.2) is 12.2 Å². The second kappa shape index (κ2) is 6.72. The fraction of sp³-hybridized carbons (Fsp3) is 0.714. The van der Waals surface area contributed by atoms with Gasteiger partial charge in [-0.2, -0.15) is 0 Å². The molecule has 6 heteroatoms. The van der Waals surface area contributed by atoms with Crippen LogP contribution in [-0.2, 0) is 9.53 Å². The van der Waals surface area contributed by atoms with Crippen molar-refractivity contribution in [1.29, 1.82) is 0 Å². The summed E-state index contributed by atoms with van der Waals surface area (Å²) in [5.41, 5.74) is 0.749. The summed E-state index contributed by atoms with van der Waals surface area (Å²) in [5, 5.41) is 2.51. The molecule has 1 N–H and O–H groups in total. The number of hydrogen-bond donors (Lipinski definition) is 1. The minimum atomic E-state index is -1.05. The summed E-state index contributed by atoms with van der Waals surface area (Å²) in [5.74, 6) is -0.412. The van der Waals surface area contributed by atoms with Crippen molar-refractivity contribution in [1.82, 2.24) is 10.2 Å². The SMILES string of the molecule is C=C(C)C1C[C@H](F)CN1C(=O)[C@@H](NC(=O)OC)C(C)C. The van der Waals surface area contributed by atoms with E-state index in [2.05, 4.69) is 16.6 Å². The minimum absolute atomic E-state index is 0.0441. The summed E-state index contributed by atoms with van der Waals surface area (Å²) in [7, 11) is 1.24. The molecule has 0 spiro atoms. The maximum atomic E-state index is 13.6. The highest BCUT2D eigenvalue weighted by atomic mass is 19.1. The number of ether oxygens (including phenoxy) is 1. The van der Waals surface area contributed by atoms with Gasteiger partial charge >= 0.3 is 6.09 Å². The molecule has 1 heterocycles. The van der Waals surface area contributed by atoms with Crippen LogP contribution in [0.4, 0.5) is 9.18 Å². The number of halogens is 1. The van der Waals surface area contributed by atoms with Gasteiger partial charge in [0.25, 0.3) is 0 Å². The van der Waals surface area contributed by atoms with Gasteiger partial charge in [0.1, 0.15) is 12.2 Å². The number of likely N-dealkylation sites (tertiary alicyclic amines) is 1. The standard InChI is InChI=1S/C14H23FN2O3/c1-8(2)11-6-10(15)7-17(11)13(18)12(9(3)4)16-14(19)20-5/h9-12H,1,6-7H2,2-5H3,(H,16,19)/t10-,11?,12-/m0/s1. The lowest BCUT2D eigenvalue weighted by molar-refractivity contribution is -0.134. The summed E-state index contributed by atoms with van der Waals surface area (Å²) in [6.07, 6.45) is -1.45. The van der Waals surface area contributed by atoms with Crippen LogP contribution in [0.5, 0.6) is 0 Å². The zero-order chi connectivity index (χ0) is 15.4. The summed E-state index contributed by atoms with van der Waals surface area (Å²) < 4.78 is 18.1. The Hall–Kier alpha value is -1.59. The van der Waals surface area contributed by atoms with Gasteiger partial charge in [-0.05, 0) is 12.8 Å². The quantitative estimate of drug-likeness (QED) is 0.803. The molecule has 1 unspecified atom stereocenters. The second-order valence-corrected chi connectivity index (χ2v) is 5.54. The Kier molecular flexibility index (Phi) is 5.53. The number of nitrogens with zero attached hydrogens (tertiary/aromatic N) is 1. The third-order valence-electron chi connectivity index (χ3n) is 3.49. The Bertz CT molecular complexity index is 398. The largest absolute Gasteiger partial charge is 0.453 e. The van der Waals surface area contributed by atoms with Gasteiger partial charge in [0.2, 0.25) is 5.91 Å². The van der Waals surface area contributed by atoms with E-state index in [9.17, 15) is 14.0 Å². The van der Waals surface area contributed by atoms with Gasteiger partial charge in [0, 0.05) is 6.42 Å². The number of hydrogen-bond acceptors (Lipinski definition) is 3. The third kappa shape index (κ3) is 3.71. The smallest absolute Gasteiger partial charge is 0.407 e. The molecule has 0 bridgehead atoms. The predicted molar refractivity (Wildman–Crippen MR) is 74.0 cm³/mol. The monoisotopic (exact) mass is 286 g/mol. The van der Waals surface area contributed by atoms with E-state index in [4.69, 9.17) is 0 Å². The number of alkyl carbamates (subject to hydrolysis) is 1. The van der Waals surface area contributed by atoms with E-state index in [0.717, 1.165) is 5.57 Å². The Morgan fingerprint density at radius 1 is 1.45 bits per heavy atom. The van der Waals surface area contributed by atoms with Crippen LogP contribution in [0.3, 0.4) is 0 Å². The molecule has 114 valence electrons. The van der Waals surface area contributed by atoms with Gasteiger partial charge < -0.3 is 15.0 Å². The maximum Gasteiger partial charge on any atom is 0.407 e. The number of nitrogens with one attached hydrogen (secondary N) is 1. The van der Waals surface area contributed by atoms with Gasteiger partial charge in [-0.15, -0.1) is 0 Å². The highest BCUT2D eigenvalue weighted by molar-refractivity contribution is 5.86. The summed E-state index contributed by atoms with van der Waals surface area (Å²) in [6.45, 7) is 9.27. The van der Waals surface area contributed by atoms with Gasteiger partial charge in [-0.1, -0.05) is 26.0 Å². The molecule has 20 heavy (non-hydrogen) atoms. The van der Waals surface area contributed by atoms with Crippen LogP contribution < -0.4 is 5.32 Å². The lowest BCUT2D eigenvalue weighted by atomic mass is 10.0. The molecule has 1 aliphatic heterocycles. The Morgan fingerprint density at radius 3 is 2.50 bits per heavy atom. The molecule has 1 fully saturated rings. The van der Waals surface area contributed by atoms with E-state index >= 15 is 0 Å². The van der Waals surface area contributed by atoms with Crippen molar-refractivity contribution < 1.29 is 18.7 Å². The highest BCUT2D eigenvalue weighted by Gasteiger charge is 2.39. The average Bonchev–Trinajstić information content (AvgIpc) is 2.76. The van der Waals surface area contributed by atoms with Crippen molar-refractivity contribution in [2.24, 2.45) is 5.92 Å². The van der Waals surface area contributed by atoms with E-state index in [-0.39, 0.29) is 30.8 Å². The average molecular weight is 286 g/mol. The third-order valence-corrected chi connectivity index (χ3v) is 3.49. The first-order valence-electron chi connectivity index (χ1n) is 6.72. The Labute approximate surface area is 119 Å². The highest BCUT2D eigenvalue weighted by Crippen LogP contribution is 2.26. The molecule has 3 atom stereocenters. The van der Waals surface area contributed by atoms with Crippen LogP contribution in [0, 0.1) is 5.92 Å².